The van der Waals surface area contributed by atoms with E-state index in [0.29, 0.717) is 12.1 Å². The molecule has 9 nitrogen and oxygen atoms in total. The zero-order chi connectivity index (χ0) is 31.7. The normalized spacial score (nSPS) is 20.8. The minimum Gasteiger partial charge on any atom is -0.340 e. The lowest BCUT2D eigenvalue weighted by Crippen LogP contribution is -2.56. The Morgan fingerprint density at radius 1 is 1.16 bits per heavy atom. The molecule has 4 rings (SSSR count). The van der Waals surface area contributed by atoms with Gasteiger partial charge < -0.3 is 20.4 Å². The van der Waals surface area contributed by atoms with Crippen LogP contribution in [0.3, 0.4) is 0 Å². The first-order chi connectivity index (χ1) is 20.2. The summed E-state index contributed by atoms with van der Waals surface area (Å²) in [6, 6.07) is 11.8. The molecule has 2 N–H and O–H groups in total. The topological polar surface area (TPSA) is 123 Å². The number of carbonyl (C=O) groups is 4. The first-order valence-corrected chi connectivity index (χ1v) is 14.6. The van der Waals surface area contributed by atoms with Crippen LogP contribution in [0, 0.1) is 28.5 Å². The van der Waals surface area contributed by atoms with Crippen molar-refractivity contribution in [3.63, 3.8) is 0 Å². The van der Waals surface area contributed by atoms with E-state index in [2.05, 4.69) is 16.7 Å². The quantitative estimate of drug-likeness (QED) is 0.477. The molecule has 10 heteroatoms. The summed E-state index contributed by atoms with van der Waals surface area (Å²) in [6.45, 7) is 9.74. The molecule has 4 amide bonds. The van der Waals surface area contributed by atoms with Gasteiger partial charge >= 0.3 is 0 Å². The van der Waals surface area contributed by atoms with Crippen molar-refractivity contribution in [1.29, 1.82) is 5.26 Å². The van der Waals surface area contributed by atoms with Crippen LogP contribution in [0.25, 0.3) is 0 Å². The lowest BCUT2D eigenvalue weighted by atomic mass is 9.80. The Morgan fingerprint density at radius 2 is 1.81 bits per heavy atom. The van der Waals surface area contributed by atoms with Gasteiger partial charge in [0.1, 0.15) is 23.9 Å². The summed E-state index contributed by atoms with van der Waals surface area (Å²) in [4.78, 5) is 57.4. The van der Waals surface area contributed by atoms with Crippen molar-refractivity contribution in [1.82, 2.24) is 15.1 Å². The van der Waals surface area contributed by atoms with E-state index in [1.165, 1.54) is 41.1 Å². The molecule has 2 aromatic rings. The van der Waals surface area contributed by atoms with Crippen LogP contribution in [-0.2, 0) is 19.8 Å². The van der Waals surface area contributed by atoms with Crippen molar-refractivity contribution in [3.05, 3.63) is 65.5 Å². The summed E-state index contributed by atoms with van der Waals surface area (Å²) in [7, 11) is 1.54. The molecule has 4 atom stereocenters. The maximum absolute atomic E-state index is 14.3. The van der Waals surface area contributed by atoms with Gasteiger partial charge in [0.05, 0.1) is 11.5 Å². The lowest BCUT2D eigenvalue weighted by Gasteiger charge is -2.36. The fourth-order valence-corrected chi connectivity index (χ4v) is 6.10. The second-order valence-corrected chi connectivity index (χ2v) is 13.3. The molecule has 1 spiro atoms. The van der Waals surface area contributed by atoms with Crippen molar-refractivity contribution in [2.45, 2.75) is 77.4 Å². The van der Waals surface area contributed by atoms with Crippen molar-refractivity contribution in [2.24, 2.45) is 11.3 Å². The number of likely N-dealkylation sites (tertiary alicyclic amines) is 1. The van der Waals surface area contributed by atoms with E-state index in [9.17, 15) is 28.8 Å². The van der Waals surface area contributed by atoms with E-state index in [0.717, 1.165) is 5.56 Å². The maximum atomic E-state index is 14.3. The van der Waals surface area contributed by atoms with E-state index in [-0.39, 0.29) is 42.2 Å². The van der Waals surface area contributed by atoms with Crippen LogP contribution in [0.4, 0.5) is 10.1 Å². The highest BCUT2D eigenvalue weighted by Gasteiger charge is 2.56. The predicted octanol–water partition coefficient (Wildman–Crippen LogP) is 4.25. The highest BCUT2D eigenvalue weighted by molar-refractivity contribution is 6.07. The largest absolute Gasteiger partial charge is 0.340 e. The van der Waals surface area contributed by atoms with Gasteiger partial charge in [-0.1, -0.05) is 52.8 Å². The van der Waals surface area contributed by atoms with Gasteiger partial charge in [-0.2, -0.15) is 5.26 Å². The van der Waals surface area contributed by atoms with Crippen LogP contribution in [0.5, 0.6) is 0 Å². The van der Waals surface area contributed by atoms with Crippen molar-refractivity contribution >= 4 is 29.3 Å². The molecule has 2 heterocycles. The Kier molecular flexibility index (Phi) is 8.95. The second kappa shape index (κ2) is 12.2. The first kappa shape index (κ1) is 31.7. The molecule has 0 bridgehead atoms. The number of rotatable bonds is 8. The third kappa shape index (κ3) is 6.56. The molecule has 2 aromatic carbocycles. The second-order valence-electron chi connectivity index (χ2n) is 13.3. The number of carbonyl (C=O) groups excluding carboxylic acids is 4. The predicted molar refractivity (Wildman–Crippen MR) is 160 cm³/mol. The Morgan fingerprint density at radius 3 is 2.42 bits per heavy atom. The van der Waals surface area contributed by atoms with Crippen LogP contribution in [0.2, 0.25) is 0 Å². The molecular weight excluding hydrogens is 549 g/mol. The number of hydrogen-bond acceptors (Lipinski definition) is 5. The van der Waals surface area contributed by atoms with Crippen LogP contribution in [-0.4, -0.2) is 65.1 Å². The molecule has 0 saturated carbocycles. The van der Waals surface area contributed by atoms with Crippen LogP contribution < -0.4 is 10.6 Å². The number of hydrogen-bond donors (Lipinski definition) is 2. The maximum Gasteiger partial charge on any atom is 0.251 e. The fraction of sp³-hybridized carbons (Fsp3) is 0.485. The number of anilines is 1. The summed E-state index contributed by atoms with van der Waals surface area (Å²) in [6.07, 6.45) is 0.764. The number of likely N-dealkylation sites (N-methyl/N-ethyl adjacent to an activating group) is 1. The third-order valence-electron chi connectivity index (χ3n) is 8.24. The van der Waals surface area contributed by atoms with Gasteiger partial charge in [-0.3, -0.25) is 19.2 Å². The lowest BCUT2D eigenvalue weighted by molar-refractivity contribution is -0.146. The first-order valence-electron chi connectivity index (χ1n) is 14.6. The van der Waals surface area contributed by atoms with Gasteiger partial charge in [0.15, 0.2) is 0 Å². The van der Waals surface area contributed by atoms with Gasteiger partial charge in [-0.05, 0) is 60.1 Å². The molecule has 0 unspecified atom stereocenters. The zero-order valence-corrected chi connectivity index (χ0v) is 25.6. The van der Waals surface area contributed by atoms with Gasteiger partial charge in [0.25, 0.3) is 5.91 Å². The molecule has 0 radical (unpaired) electrons. The standard InChI is InChI=1S/C33H40FN5O4/c1-20(2)15-27(30(42)39-19-33(16-23(39)18-35)24-9-7-8-10-25(24)37-31(33)43)38(6)29(41)26(17-32(3,4)5)36-28(40)21-11-13-22(34)14-12-21/h7-14,20,23,26-27H,15-17,19H2,1-6H3,(H,36,40)(H,37,43)/t23-,26-,27-,33-/m0/s1. The van der Waals surface area contributed by atoms with Gasteiger partial charge in [-0.15, -0.1) is 0 Å². The molecule has 43 heavy (non-hydrogen) atoms. The number of benzene rings is 2. The van der Waals surface area contributed by atoms with Gasteiger partial charge in [0, 0.05) is 31.3 Å². The molecular formula is C33H40FN5O4. The average Bonchev–Trinajstić information content (AvgIpc) is 3.47. The molecule has 0 aliphatic carbocycles. The number of fused-ring (bicyclic) bond motifs is 2. The van der Waals surface area contributed by atoms with Crippen LogP contribution in [0.15, 0.2) is 48.5 Å². The van der Waals surface area contributed by atoms with Gasteiger partial charge in [-0.25, -0.2) is 4.39 Å². The SMILES string of the molecule is CC(C)C[C@@H](C(=O)N1C[C@]2(C[C@H]1C#N)C(=O)Nc1ccccc12)N(C)C(=O)[C@H](CC(C)(C)C)NC(=O)c1ccc(F)cc1. The smallest absolute Gasteiger partial charge is 0.251 e. The number of halogens is 1. The Hall–Kier alpha value is -4.26. The summed E-state index contributed by atoms with van der Waals surface area (Å²) in [5, 5.41) is 15.8. The molecule has 2 aliphatic heterocycles. The van der Waals surface area contributed by atoms with Crippen molar-refractivity contribution < 1.29 is 23.6 Å². The molecule has 1 fully saturated rings. The van der Waals surface area contributed by atoms with Crippen LogP contribution >= 0.6 is 0 Å². The Bertz CT molecular complexity index is 1440. The van der Waals surface area contributed by atoms with E-state index >= 15 is 0 Å². The third-order valence-corrected chi connectivity index (χ3v) is 8.24. The Balaban J connectivity index is 1.62. The molecule has 228 valence electrons. The molecule has 2 aliphatic rings. The monoisotopic (exact) mass is 589 g/mol. The Labute approximate surface area is 252 Å². The average molecular weight is 590 g/mol. The number of para-hydroxylation sites is 1. The van der Waals surface area contributed by atoms with E-state index < -0.39 is 47.1 Å². The summed E-state index contributed by atoms with van der Waals surface area (Å²) in [5.74, 6) is -2.10. The number of nitrogens with one attached hydrogen (secondary N) is 2. The highest BCUT2D eigenvalue weighted by atomic mass is 19.1. The van der Waals surface area contributed by atoms with E-state index in [4.69, 9.17) is 0 Å². The van der Waals surface area contributed by atoms with Crippen LogP contribution in [0.1, 0.15) is 69.8 Å². The number of nitrogens with zero attached hydrogens (tertiary/aromatic N) is 3. The van der Waals surface area contributed by atoms with Crippen molar-refractivity contribution in [3.8, 4) is 6.07 Å². The number of nitriles is 1. The highest BCUT2D eigenvalue weighted by Crippen LogP contribution is 2.46. The number of amides is 4. The van der Waals surface area contributed by atoms with Gasteiger partial charge in [0.2, 0.25) is 17.7 Å². The summed E-state index contributed by atoms with van der Waals surface area (Å²) in [5.41, 5.74) is 0.237. The summed E-state index contributed by atoms with van der Waals surface area (Å²) >= 11 is 0. The molecule has 1 saturated heterocycles. The molecule has 0 aromatic heterocycles. The zero-order valence-electron chi connectivity index (χ0n) is 25.6. The van der Waals surface area contributed by atoms with Crippen molar-refractivity contribution in [2.75, 3.05) is 18.9 Å². The summed E-state index contributed by atoms with van der Waals surface area (Å²) < 4.78 is 13.4. The fourth-order valence-electron chi connectivity index (χ4n) is 6.10. The minimum absolute atomic E-state index is 0.0201. The van der Waals surface area contributed by atoms with E-state index in [1.807, 2.05) is 52.8 Å². The van der Waals surface area contributed by atoms with E-state index in [1.54, 1.807) is 6.07 Å². The minimum atomic E-state index is -1.05.